The van der Waals surface area contributed by atoms with Gasteiger partial charge in [0.1, 0.15) is 17.3 Å². The van der Waals surface area contributed by atoms with Crippen molar-refractivity contribution in [3.8, 4) is 0 Å². The molecule has 0 aliphatic carbocycles. The summed E-state index contributed by atoms with van der Waals surface area (Å²) >= 11 is 0. The van der Waals surface area contributed by atoms with Gasteiger partial charge in [-0.25, -0.2) is 8.78 Å². The van der Waals surface area contributed by atoms with Gasteiger partial charge in [-0.05, 0) is 12.1 Å². The quantitative estimate of drug-likeness (QED) is 0.560. The molecular weight excluding hydrogens is 222 g/mol. The Balaban J connectivity index is 3.37. The molecule has 0 radical (unpaired) electrons. The Kier molecular flexibility index (Phi) is 3.67. The van der Waals surface area contributed by atoms with E-state index in [1.807, 2.05) is 0 Å². The summed E-state index contributed by atoms with van der Waals surface area (Å²) in [5.41, 5.74) is -1.61. The summed E-state index contributed by atoms with van der Waals surface area (Å²) < 4.78 is 53.4. The van der Waals surface area contributed by atoms with Crippen LogP contribution in [0.5, 0.6) is 0 Å². The van der Waals surface area contributed by atoms with Gasteiger partial charge in [-0.1, -0.05) is 13.0 Å². The number of rotatable bonds is 3. The van der Waals surface area contributed by atoms with E-state index in [-0.39, 0.29) is 0 Å². The van der Waals surface area contributed by atoms with E-state index in [2.05, 4.69) is 4.99 Å². The zero-order valence-electron chi connectivity index (χ0n) is 8.90. The van der Waals surface area contributed by atoms with Crippen molar-refractivity contribution in [3.05, 3.63) is 35.4 Å². The first-order valence-electron chi connectivity index (χ1n) is 4.73. The lowest BCUT2D eigenvalue weighted by atomic mass is 10.0. The number of halogens is 4. The highest BCUT2D eigenvalue weighted by atomic mass is 19.3. The zero-order chi connectivity index (χ0) is 12.3. The highest BCUT2D eigenvalue weighted by molar-refractivity contribution is 6.05. The SMILES string of the molecule is CCC(F)(F)/C(=N\C)c1c(F)cccc1F. The topological polar surface area (TPSA) is 12.4 Å². The molecule has 88 valence electrons. The van der Waals surface area contributed by atoms with Crippen molar-refractivity contribution in [3.63, 3.8) is 0 Å². The molecule has 5 heteroatoms. The highest BCUT2D eigenvalue weighted by Crippen LogP contribution is 2.27. The fourth-order valence-electron chi connectivity index (χ4n) is 1.35. The lowest BCUT2D eigenvalue weighted by Crippen LogP contribution is -2.30. The smallest absolute Gasteiger partial charge is 0.286 e. The molecule has 1 aromatic rings. The fourth-order valence-corrected chi connectivity index (χ4v) is 1.35. The van der Waals surface area contributed by atoms with E-state index in [4.69, 9.17) is 0 Å². The first kappa shape index (κ1) is 12.7. The summed E-state index contributed by atoms with van der Waals surface area (Å²) in [6.07, 6.45) is -0.562. The Morgan fingerprint density at radius 3 is 2.12 bits per heavy atom. The van der Waals surface area contributed by atoms with Gasteiger partial charge >= 0.3 is 0 Å². The van der Waals surface area contributed by atoms with Crippen molar-refractivity contribution in [2.24, 2.45) is 4.99 Å². The maximum Gasteiger partial charge on any atom is 0.289 e. The predicted molar refractivity (Wildman–Crippen MR) is 54.1 cm³/mol. The van der Waals surface area contributed by atoms with E-state index in [9.17, 15) is 17.6 Å². The zero-order valence-corrected chi connectivity index (χ0v) is 8.90. The van der Waals surface area contributed by atoms with Crippen molar-refractivity contribution in [2.45, 2.75) is 19.3 Å². The molecule has 0 atom stereocenters. The van der Waals surface area contributed by atoms with Gasteiger partial charge in [-0.15, -0.1) is 0 Å². The molecule has 0 fully saturated rings. The van der Waals surface area contributed by atoms with Crippen LogP contribution in [-0.4, -0.2) is 18.7 Å². The maximum absolute atomic E-state index is 13.4. The van der Waals surface area contributed by atoms with Crippen LogP contribution in [0.3, 0.4) is 0 Å². The molecule has 0 aromatic heterocycles. The van der Waals surface area contributed by atoms with Crippen LogP contribution in [-0.2, 0) is 0 Å². The standard InChI is InChI=1S/C11H11F4N/c1-3-11(14,15)10(16-2)9-7(12)5-4-6-8(9)13/h4-6H,3H2,1-2H3/b16-10-. The van der Waals surface area contributed by atoms with Gasteiger partial charge in [-0.2, -0.15) is 8.78 Å². The third kappa shape index (κ3) is 2.23. The molecule has 0 saturated heterocycles. The Hall–Kier alpha value is -1.39. The molecule has 0 spiro atoms. The fraction of sp³-hybridized carbons (Fsp3) is 0.364. The van der Waals surface area contributed by atoms with E-state index in [0.29, 0.717) is 0 Å². The summed E-state index contributed by atoms with van der Waals surface area (Å²) in [5.74, 6) is -5.40. The molecule has 0 saturated carbocycles. The molecule has 0 unspecified atom stereocenters. The average Bonchev–Trinajstić information content (AvgIpc) is 2.23. The highest BCUT2D eigenvalue weighted by Gasteiger charge is 2.37. The van der Waals surface area contributed by atoms with Crippen molar-refractivity contribution in [1.82, 2.24) is 0 Å². The van der Waals surface area contributed by atoms with Crippen LogP contribution in [0.25, 0.3) is 0 Å². The van der Waals surface area contributed by atoms with Crippen LogP contribution in [0.4, 0.5) is 17.6 Å². The molecule has 0 N–H and O–H groups in total. The summed E-state index contributed by atoms with van der Waals surface area (Å²) in [7, 11) is 1.09. The second kappa shape index (κ2) is 4.63. The van der Waals surface area contributed by atoms with E-state index in [1.54, 1.807) is 0 Å². The Bertz CT molecular complexity index is 392. The molecule has 0 bridgehead atoms. The molecule has 0 aliphatic rings. The van der Waals surface area contributed by atoms with E-state index < -0.39 is 35.3 Å². The van der Waals surface area contributed by atoms with Gasteiger partial charge < -0.3 is 0 Å². The molecule has 16 heavy (non-hydrogen) atoms. The van der Waals surface area contributed by atoms with Crippen molar-refractivity contribution in [1.29, 1.82) is 0 Å². The normalized spacial score (nSPS) is 13.0. The first-order chi connectivity index (χ1) is 7.44. The van der Waals surface area contributed by atoms with Gasteiger partial charge in [0.05, 0.1) is 5.56 Å². The van der Waals surface area contributed by atoms with Gasteiger partial charge in [0, 0.05) is 13.5 Å². The van der Waals surface area contributed by atoms with Gasteiger partial charge in [-0.3, -0.25) is 4.99 Å². The summed E-state index contributed by atoms with van der Waals surface area (Å²) in [5, 5.41) is 0. The van der Waals surface area contributed by atoms with Gasteiger partial charge in [0.25, 0.3) is 5.92 Å². The number of nitrogens with zero attached hydrogens (tertiary/aromatic N) is 1. The molecule has 0 amide bonds. The maximum atomic E-state index is 13.4. The predicted octanol–water partition coefficient (Wildman–Crippen LogP) is 3.43. The van der Waals surface area contributed by atoms with E-state index >= 15 is 0 Å². The average molecular weight is 233 g/mol. The second-order valence-corrected chi connectivity index (χ2v) is 3.23. The Labute approximate surface area is 90.8 Å². The molecule has 1 rings (SSSR count). The molecule has 0 heterocycles. The summed E-state index contributed by atoms with van der Waals surface area (Å²) in [4.78, 5) is 3.31. The lowest BCUT2D eigenvalue weighted by molar-refractivity contribution is 0.0739. The Morgan fingerprint density at radius 1 is 1.25 bits per heavy atom. The van der Waals surface area contributed by atoms with Gasteiger partial charge in [0.15, 0.2) is 0 Å². The van der Waals surface area contributed by atoms with Crippen LogP contribution >= 0.6 is 0 Å². The number of aliphatic imine (C=N–C) groups is 1. The van der Waals surface area contributed by atoms with Crippen LogP contribution in [0, 0.1) is 11.6 Å². The largest absolute Gasteiger partial charge is 0.289 e. The minimum Gasteiger partial charge on any atom is -0.286 e. The third-order valence-electron chi connectivity index (χ3n) is 2.21. The minimum absolute atomic E-state index is 0.562. The van der Waals surface area contributed by atoms with E-state index in [1.165, 1.54) is 6.92 Å². The summed E-state index contributed by atoms with van der Waals surface area (Å²) in [6.45, 7) is 1.23. The Morgan fingerprint density at radius 2 is 1.75 bits per heavy atom. The number of benzene rings is 1. The van der Waals surface area contributed by atoms with Crippen LogP contribution in [0.1, 0.15) is 18.9 Å². The number of hydrogen-bond acceptors (Lipinski definition) is 1. The van der Waals surface area contributed by atoms with Crippen LogP contribution < -0.4 is 0 Å². The van der Waals surface area contributed by atoms with Crippen molar-refractivity contribution < 1.29 is 17.6 Å². The number of hydrogen-bond donors (Lipinski definition) is 0. The third-order valence-corrected chi connectivity index (χ3v) is 2.21. The first-order valence-corrected chi connectivity index (χ1v) is 4.73. The van der Waals surface area contributed by atoms with Gasteiger partial charge in [0.2, 0.25) is 0 Å². The van der Waals surface area contributed by atoms with E-state index in [0.717, 1.165) is 25.2 Å². The second-order valence-electron chi connectivity index (χ2n) is 3.23. The molecule has 0 aliphatic heterocycles. The summed E-state index contributed by atoms with van der Waals surface area (Å²) in [6, 6.07) is 2.97. The molecular formula is C11H11F4N. The number of alkyl halides is 2. The van der Waals surface area contributed by atoms with Crippen LogP contribution in [0.2, 0.25) is 0 Å². The molecule has 1 aromatic carbocycles. The van der Waals surface area contributed by atoms with Crippen LogP contribution in [0.15, 0.2) is 23.2 Å². The van der Waals surface area contributed by atoms with Crippen molar-refractivity contribution >= 4 is 5.71 Å². The molecule has 1 nitrogen and oxygen atoms in total. The van der Waals surface area contributed by atoms with Crippen molar-refractivity contribution in [2.75, 3.05) is 7.05 Å². The monoisotopic (exact) mass is 233 g/mol. The lowest BCUT2D eigenvalue weighted by Gasteiger charge is -2.17. The minimum atomic E-state index is -3.34.